The first-order valence-corrected chi connectivity index (χ1v) is 15.3. The second-order valence-corrected chi connectivity index (χ2v) is 11.5. The molecule has 1 aliphatic heterocycles. The van der Waals surface area contributed by atoms with Crippen molar-refractivity contribution in [2.45, 2.75) is 64.0 Å². The third kappa shape index (κ3) is 8.30. The average molecular weight is 573 g/mol. The average Bonchev–Trinajstić information content (AvgIpc) is 2.98. The van der Waals surface area contributed by atoms with Crippen LogP contribution in [-0.4, -0.2) is 50.1 Å². The number of benzene rings is 3. The fourth-order valence-electron chi connectivity index (χ4n) is 4.60. The maximum atomic E-state index is 16.4. The molecule has 3 aromatic carbocycles. The van der Waals surface area contributed by atoms with E-state index in [0.29, 0.717) is 6.61 Å². The molecular weight excluding hydrogens is 534 g/mol. The summed E-state index contributed by atoms with van der Waals surface area (Å²) >= 11 is 0. The number of ether oxygens (including phenoxy) is 4. The standard InChI is InChI=1S/C31H38FO7P/c1-3-37-40(33,38-4-2)31-28(32)30(36-22-26-18-12-7-13-19-26)29(35-21-25-16-10-6-11-17-25)27(39-31)23-34-20-24-14-8-5-9-15-24/h5-19,27-31H,3-4,20-23H2,1-2H3/t27-,28-,29+,30-,31+/m1/s1. The molecule has 0 spiro atoms. The Kier molecular flexibility index (Phi) is 11.9. The minimum Gasteiger partial charge on any atom is -0.374 e. The highest BCUT2D eigenvalue weighted by atomic mass is 31.2. The zero-order valence-corrected chi connectivity index (χ0v) is 23.9. The van der Waals surface area contributed by atoms with Crippen molar-refractivity contribution < 1.29 is 37.0 Å². The Morgan fingerprint density at radius 3 is 1.62 bits per heavy atom. The lowest BCUT2D eigenvalue weighted by atomic mass is 10.00. The topological polar surface area (TPSA) is 72.5 Å². The first kappa shape index (κ1) is 30.5. The predicted octanol–water partition coefficient (Wildman–Crippen LogP) is 6.70. The van der Waals surface area contributed by atoms with Gasteiger partial charge >= 0.3 is 7.60 Å². The summed E-state index contributed by atoms with van der Waals surface area (Å²) in [5.41, 5.74) is 2.76. The van der Waals surface area contributed by atoms with Gasteiger partial charge in [0.15, 0.2) is 12.0 Å². The molecule has 0 radical (unpaired) electrons. The highest BCUT2D eigenvalue weighted by Crippen LogP contribution is 2.57. The van der Waals surface area contributed by atoms with Gasteiger partial charge in [0.2, 0.25) is 0 Å². The molecule has 0 N–H and O–H groups in total. The van der Waals surface area contributed by atoms with Gasteiger partial charge in [-0.15, -0.1) is 0 Å². The predicted molar refractivity (Wildman–Crippen MR) is 151 cm³/mol. The molecule has 7 nitrogen and oxygen atoms in total. The van der Waals surface area contributed by atoms with Crippen molar-refractivity contribution in [3.63, 3.8) is 0 Å². The largest absolute Gasteiger partial charge is 0.374 e. The van der Waals surface area contributed by atoms with Crippen LogP contribution in [0.3, 0.4) is 0 Å². The highest BCUT2D eigenvalue weighted by Gasteiger charge is 2.56. The van der Waals surface area contributed by atoms with E-state index in [9.17, 15) is 4.57 Å². The Bertz CT molecular complexity index is 1160. The summed E-state index contributed by atoms with van der Waals surface area (Å²) in [7, 11) is -4.00. The quantitative estimate of drug-likeness (QED) is 0.188. The van der Waals surface area contributed by atoms with Crippen LogP contribution in [-0.2, 0) is 52.4 Å². The lowest BCUT2D eigenvalue weighted by molar-refractivity contribution is -0.234. The molecule has 0 aromatic heterocycles. The molecule has 1 fully saturated rings. The molecular formula is C31H38FO7P. The first-order valence-electron chi connectivity index (χ1n) is 13.6. The zero-order chi connectivity index (χ0) is 28.2. The summed E-state index contributed by atoms with van der Waals surface area (Å²) in [4.78, 5) is 0. The van der Waals surface area contributed by atoms with Crippen LogP contribution in [0.1, 0.15) is 30.5 Å². The SMILES string of the molecule is CCOP(=O)(OCC)[C@@H]1O[C@H](COCc2ccccc2)[C@H](OCc2ccccc2)[C@H](OCc2ccccc2)[C@H]1F. The van der Waals surface area contributed by atoms with E-state index in [0.717, 1.165) is 16.7 Å². The highest BCUT2D eigenvalue weighted by molar-refractivity contribution is 7.54. The molecule has 1 aliphatic rings. The Labute approximate surface area is 236 Å². The van der Waals surface area contributed by atoms with Gasteiger partial charge in [-0.1, -0.05) is 91.0 Å². The Hall–Kier alpha value is -2.42. The van der Waals surface area contributed by atoms with E-state index in [-0.39, 0.29) is 33.0 Å². The summed E-state index contributed by atoms with van der Waals surface area (Å²) in [6, 6.07) is 28.8. The maximum absolute atomic E-state index is 16.4. The second kappa shape index (κ2) is 15.5. The molecule has 1 saturated heterocycles. The van der Waals surface area contributed by atoms with Crippen molar-refractivity contribution in [1.82, 2.24) is 0 Å². The second-order valence-electron chi connectivity index (χ2n) is 9.41. The van der Waals surface area contributed by atoms with Crippen LogP contribution in [0.4, 0.5) is 4.39 Å². The molecule has 0 aliphatic carbocycles. The number of rotatable bonds is 15. The number of hydrogen-bond acceptors (Lipinski definition) is 7. The molecule has 3 aromatic rings. The van der Waals surface area contributed by atoms with E-state index in [1.165, 1.54) is 0 Å². The maximum Gasteiger partial charge on any atom is 0.362 e. The van der Waals surface area contributed by atoms with Gasteiger partial charge in [0.1, 0.15) is 18.3 Å². The van der Waals surface area contributed by atoms with Crippen LogP contribution >= 0.6 is 7.60 Å². The van der Waals surface area contributed by atoms with Gasteiger partial charge in [-0.25, -0.2) is 4.39 Å². The monoisotopic (exact) mass is 572 g/mol. The summed E-state index contributed by atoms with van der Waals surface area (Å²) in [5.74, 6) is -1.50. The van der Waals surface area contributed by atoms with Crippen molar-refractivity contribution in [3.8, 4) is 0 Å². The fourth-order valence-corrected chi connectivity index (χ4v) is 6.52. The molecule has 216 valence electrons. The van der Waals surface area contributed by atoms with Crippen LogP contribution in [0.5, 0.6) is 0 Å². The number of halogens is 1. The third-order valence-electron chi connectivity index (χ3n) is 6.48. The van der Waals surface area contributed by atoms with Gasteiger partial charge in [-0.2, -0.15) is 0 Å². The van der Waals surface area contributed by atoms with E-state index in [2.05, 4.69) is 0 Å². The van der Waals surface area contributed by atoms with Gasteiger partial charge in [-0.05, 0) is 30.5 Å². The van der Waals surface area contributed by atoms with Crippen molar-refractivity contribution >= 4 is 7.60 Å². The van der Waals surface area contributed by atoms with Crippen molar-refractivity contribution in [2.24, 2.45) is 0 Å². The normalized spacial score (nSPS) is 23.2. The minimum atomic E-state index is -4.00. The molecule has 0 bridgehead atoms. The lowest BCUT2D eigenvalue weighted by Gasteiger charge is -2.44. The van der Waals surface area contributed by atoms with Gasteiger partial charge in [0.25, 0.3) is 0 Å². The zero-order valence-electron chi connectivity index (χ0n) is 23.0. The summed E-state index contributed by atoms with van der Waals surface area (Å²) in [6.45, 7) is 4.22. The Morgan fingerprint density at radius 2 is 1.15 bits per heavy atom. The molecule has 1 heterocycles. The molecule has 9 heteroatoms. The summed E-state index contributed by atoms with van der Waals surface area (Å²) in [6.07, 6.45) is -4.64. The fraction of sp³-hybridized carbons (Fsp3) is 0.419. The van der Waals surface area contributed by atoms with E-state index >= 15 is 4.39 Å². The lowest BCUT2D eigenvalue weighted by Crippen LogP contribution is -2.59. The van der Waals surface area contributed by atoms with Crippen molar-refractivity contribution in [2.75, 3.05) is 19.8 Å². The first-order chi connectivity index (χ1) is 19.5. The van der Waals surface area contributed by atoms with Crippen LogP contribution in [0.25, 0.3) is 0 Å². The van der Waals surface area contributed by atoms with Gasteiger partial charge < -0.3 is 28.0 Å². The van der Waals surface area contributed by atoms with E-state index in [1.54, 1.807) is 13.8 Å². The van der Waals surface area contributed by atoms with Gasteiger partial charge in [0, 0.05) is 0 Å². The summed E-state index contributed by atoms with van der Waals surface area (Å²) < 4.78 is 65.9. The molecule has 5 atom stereocenters. The van der Waals surface area contributed by atoms with E-state index < -0.39 is 37.9 Å². The van der Waals surface area contributed by atoms with Gasteiger partial charge in [-0.3, -0.25) is 4.57 Å². The van der Waals surface area contributed by atoms with E-state index in [4.69, 9.17) is 28.0 Å². The molecule has 0 amide bonds. The number of alkyl halides is 1. The van der Waals surface area contributed by atoms with Crippen LogP contribution in [0.15, 0.2) is 91.0 Å². The molecule has 0 unspecified atom stereocenters. The van der Waals surface area contributed by atoms with E-state index in [1.807, 2.05) is 91.0 Å². The molecule has 0 saturated carbocycles. The Balaban J connectivity index is 1.61. The smallest absolute Gasteiger partial charge is 0.362 e. The minimum absolute atomic E-state index is 0.0566. The third-order valence-corrected chi connectivity index (χ3v) is 8.75. The Morgan fingerprint density at radius 1 is 0.700 bits per heavy atom. The molecule has 4 rings (SSSR count). The summed E-state index contributed by atoms with van der Waals surface area (Å²) in [5, 5.41) is 0. The molecule has 40 heavy (non-hydrogen) atoms. The van der Waals surface area contributed by atoms with Crippen LogP contribution in [0, 0.1) is 0 Å². The van der Waals surface area contributed by atoms with Crippen molar-refractivity contribution in [1.29, 1.82) is 0 Å². The van der Waals surface area contributed by atoms with Crippen LogP contribution < -0.4 is 0 Å². The van der Waals surface area contributed by atoms with Crippen molar-refractivity contribution in [3.05, 3.63) is 108 Å². The van der Waals surface area contributed by atoms with Crippen LogP contribution in [0.2, 0.25) is 0 Å². The number of hydrogen-bond donors (Lipinski definition) is 0. The van der Waals surface area contributed by atoms with Gasteiger partial charge in [0.05, 0.1) is 39.6 Å².